The first kappa shape index (κ1) is 26.6. The van der Waals surface area contributed by atoms with Crippen LogP contribution in [0.25, 0.3) is 6.08 Å². The molecule has 4 heterocycles. The van der Waals surface area contributed by atoms with Crippen molar-refractivity contribution in [3.8, 4) is 0 Å². The van der Waals surface area contributed by atoms with Crippen molar-refractivity contribution in [2.75, 3.05) is 24.7 Å². The SMILES string of the molecule is CON=C(C(=O)NC1C(=O)N2CC(SC=Cc3ccc(C)nc3)(C(=O)O)CS[C@H]12)c1csc(NC=O)n1. The van der Waals surface area contributed by atoms with Crippen molar-refractivity contribution in [2.24, 2.45) is 5.16 Å². The summed E-state index contributed by atoms with van der Waals surface area (Å²) < 4.78 is -1.23. The Balaban J connectivity index is 1.41. The molecule has 3 atom stereocenters. The van der Waals surface area contributed by atoms with Crippen LogP contribution in [-0.2, 0) is 24.0 Å². The molecule has 0 aliphatic carbocycles. The minimum atomic E-state index is -1.23. The van der Waals surface area contributed by atoms with Gasteiger partial charge in [-0.25, -0.2) is 4.98 Å². The van der Waals surface area contributed by atoms with Gasteiger partial charge in [0.1, 0.15) is 29.0 Å². The van der Waals surface area contributed by atoms with Gasteiger partial charge in [-0.1, -0.05) is 11.2 Å². The first-order valence-corrected chi connectivity index (χ1v) is 13.6. The van der Waals surface area contributed by atoms with Gasteiger partial charge in [0.15, 0.2) is 10.8 Å². The molecule has 3 N–H and O–H groups in total. The van der Waals surface area contributed by atoms with Gasteiger partial charge in [0.25, 0.3) is 5.91 Å². The molecule has 15 heteroatoms. The Morgan fingerprint density at radius 2 is 2.22 bits per heavy atom. The average Bonchev–Trinajstić information content (AvgIpc) is 3.35. The number of nitrogens with zero attached hydrogens (tertiary/aromatic N) is 4. The van der Waals surface area contributed by atoms with E-state index in [1.165, 1.54) is 29.2 Å². The molecule has 194 valence electrons. The number of aromatic nitrogens is 2. The number of thiazole rings is 1. The lowest BCUT2D eigenvalue weighted by atomic mass is 10.0. The fourth-order valence-corrected chi connectivity index (χ4v) is 6.95. The lowest BCUT2D eigenvalue weighted by Gasteiger charge is -2.53. The predicted molar refractivity (Wildman–Crippen MR) is 141 cm³/mol. The zero-order valence-corrected chi connectivity index (χ0v) is 22.1. The number of β-lactam (4-membered cyclic amide) rings is 1. The van der Waals surface area contributed by atoms with Gasteiger partial charge in [-0.15, -0.1) is 34.9 Å². The molecule has 0 aromatic carbocycles. The molecule has 0 saturated carbocycles. The average molecular weight is 563 g/mol. The molecule has 2 aromatic rings. The zero-order chi connectivity index (χ0) is 26.6. The van der Waals surface area contributed by atoms with Gasteiger partial charge in [-0.05, 0) is 30.0 Å². The van der Waals surface area contributed by atoms with E-state index in [1.807, 2.05) is 19.1 Å². The summed E-state index contributed by atoms with van der Waals surface area (Å²) in [4.78, 5) is 63.2. The molecule has 2 aromatic heterocycles. The van der Waals surface area contributed by atoms with E-state index in [9.17, 15) is 24.3 Å². The third-order valence-electron chi connectivity index (χ3n) is 5.55. The van der Waals surface area contributed by atoms with E-state index in [0.717, 1.165) is 34.4 Å². The predicted octanol–water partition coefficient (Wildman–Crippen LogP) is 1.39. The molecule has 37 heavy (non-hydrogen) atoms. The zero-order valence-electron chi connectivity index (χ0n) is 19.6. The van der Waals surface area contributed by atoms with Crippen molar-refractivity contribution in [1.82, 2.24) is 20.2 Å². The maximum atomic E-state index is 12.9. The number of oxime groups is 1. The molecule has 4 rings (SSSR count). The van der Waals surface area contributed by atoms with Crippen LogP contribution in [0, 0.1) is 6.92 Å². The van der Waals surface area contributed by atoms with Gasteiger partial charge < -0.3 is 25.5 Å². The van der Waals surface area contributed by atoms with Crippen molar-refractivity contribution in [3.63, 3.8) is 0 Å². The Labute approximate surface area is 223 Å². The van der Waals surface area contributed by atoms with Crippen molar-refractivity contribution < 1.29 is 29.1 Å². The quantitative estimate of drug-likeness (QED) is 0.167. The maximum absolute atomic E-state index is 12.9. The lowest BCUT2D eigenvalue weighted by molar-refractivity contribution is -0.151. The molecule has 2 aliphatic heterocycles. The van der Waals surface area contributed by atoms with Crippen LogP contribution in [0.3, 0.4) is 0 Å². The Bertz CT molecular complexity index is 1270. The maximum Gasteiger partial charge on any atom is 0.322 e. The molecule has 0 bridgehead atoms. The molecule has 2 fully saturated rings. The van der Waals surface area contributed by atoms with Crippen molar-refractivity contribution >= 4 is 76.0 Å². The van der Waals surface area contributed by atoms with Crippen LogP contribution < -0.4 is 10.6 Å². The number of hydrogen-bond acceptors (Lipinski definition) is 11. The Morgan fingerprint density at radius 3 is 2.89 bits per heavy atom. The van der Waals surface area contributed by atoms with Gasteiger partial charge in [0, 0.05) is 29.6 Å². The summed E-state index contributed by atoms with van der Waals surface area (Å²) in [5, 5.41) is 21.8. The van der Waals surface area contributed by atoms with Crippen LogP contribution in [0.2, 0.25) is 0 Å². The summed E-state index contributed by atoms with van der Waals surface area (Å²) in [5.74, 6) is -1.85. The molecule has 0 spiro atoms. The number of rotatable bonds is 10. The molecular weight excluding hydrogens is 540 g/mol. The van der Waals surface area contributed by atoms with Crippen LogP contribution in [0.5, 0.6) is 0 Å². The van der Waals surface area contributed by atoms with Crippen LogP contribution in [0.15, 0.2) is 34.3 Å². The standard InChI is InChI=1S/C22H22N6O6S3/c1-12-3-4-13(7-23-12)5-6-37-22(20(32)33)9-28-18(31)16(19(28)36-10-22)26-17(30)15(27-34-2)14-8-35-21(25-14)24-11-29/h3-8,11,16,19H,9-10H2,1-2H3,(H,26,30)(H,32,33)(H,24,25,29)/t16?,19-,22?/m1/s1. The summed E-state index contributed by atoms with van der Waals surface area (Å²) in [6.45, 7) is 1.88. The van der Waals surface area contributed by atoms with E-state index in [1.54, 1.807) is 17.7 Å². The Kier molecular flexibility index (Phi) is 8.14. The number of fused-ring (bicyclic) bond motifs is 1. The van der Waals surface area contributed by atoms with E-state index in [0.29, 0.717) is 6.41 Å². The summed E-state index contributed by atoms with van der Waals surface area (Å²) in [7, 11) is 1.27. The van der Waals surface area contributed by atoms with Gasteiger partial charge in [0.05, 0.1) is 0 Å². The van der Waals surface area contributed by atoms with Crippen molar-refractivity contribution in [3.05, 3.63) is 46.1 Å². The highest BCUT2D eigenvalue weighted by atomic mass is 32.2. The number of carbonyl (C=O) groups is 4. The molecule has 2 unspecified atom stereocenters. The number of pyridine rings is 1. The third kappa shape index (κ3) is 5.62. The number of carboxylic acids is 1. The second-order valence-electron chi connectivity index (χ2n) is 7.99. The number of nitrogens with one attached hydrogen (secondary N) is 2. The highest BCUT2D eigenvalue weighted by Crippen LogP contribution is 2.44. The van der Waals surface area contributed by atoms with E-state index < -0.39 is 28.0 Å². The number of carbonyl (C=O) groups excluding carboxylic acids is 3. The first-order chi connectivity index (χ1) is 17.8. The van der Waals surface area contributed by atoms with Gasteiger partial charge in [-0.3, -0.25) is 24.2 Å². The number of aryl methyl sites for hydroxylation is 1. The smallest absolute Gasteiger partial charge is 0.322 e. The van der Waals surface area contributed by atoms with E-state index >= 15 is 0 Å². The minimum Gasteiger partial charge on any atom is -0.480 e. The molecule has 2 aliphatic rings. The fraction of sp³-hybridized carbons (Fsp3) is 0.318. The largest absolute Gasteiger partial charge is 0.480 e. The summed E-state index contributed by atoms with van der Waals surface area (Å²) in [6, 6.07) is 2.90. The lowest BCUT2D eigenvalue weighted by Crippen LogP contribution is -2.74. The number of hydrogen-bond donors (Lipinski definition) is 3. The van der Waals surface area contributed by atoms with E-state index in [4.69, 9.17) is 4.84 Å². The van der Waals surface area contributed by atoms with Crippen molar-refractivity contribution in [1.29, 1.82) is 0 Å². The van der Waals surface area contributed by atoms with Crippen molar-refractivity contribution in [2.45, 2.75) is 23.1 Å². The number of thioether (sulfide) groups is 2. The van der Waals surface area contributed by atoms with Gasteiger partial charge >= 0.3 is 5.97 Å². The van der Waals surface area contributed by atoms with Crippen LogP contribution in [0.1, 0.15) is 17.0 Å². The number of carboxylic acid groups (broad SMARTS) is 1. The highest BCUT2D eigenvalue weighted by molar-refractivity contribution is 8.06. The summed E-state index contributed by atoms with van der Waals surface area (Å²) in [5.41, 5.74) is 1.73. The number of anilines is 1. The van der Waals surface area contributed by atoms with Gasteiger partial charge in [-0.2, -0.15) is 0 Å². The van der Waals surface area contributed by atoms with E-state index in [2.05, 4.69) is 25.8 Å². The molecule has 12 nitrogen and oxygen atoms in total. The molecule has 0 radical (unpaired) electrons. The van der Waals surface area contributed by atoms with E-state index in [-0.39, 0.29) is 34.7 Å². The second kappa shape index (κ2) is 11.3. The normalized spacial score (nSPS) is 23.2. The topological polar surface area (TPSA) is 163 Å². The van der Waals surface area contributed by atoms with Crippen LogP contribution in [0.4, 0.5) is 5.13 Å². The van der Waals surface area contributed by atoms with Crippen LogP contribution >= 0.6 is 34.9 Å². The summed E-state index contributed by atoms with van der Waals surface area (Å²) >= 11 is 3.53. The first-order valence-electron chi connectivity index (χ1n) is 10.8. The number of aliphatic carboxylic acids is 1. The Hall–Kier alpha value is -3.43. The monoisotopic (exact) mass is 562 g/mol. The van der Waals surface area contributed by atoms with Gasteiger partial charge in [0.2, 0.25) is 12.3 Å². The van der Waals surface area contributed by atoms with Crippen LogP contribution in [-0.4, -0.2) is 85.4 Å². The third-order valence-corrected chi connectivity index (χ3v) is 9.20. The minimum absolute atomic E-state index is 0.00180. The second-order valence-corrected chi connectivity index (χ2v) is 11.2. The Morgan fingerprint density at radius 1 is 1.41 bits per heavy atom. The molecule has 2 saturated heterocycles. The number of amides is 3. The fourth-order valence-electron chi connectivity index (χ4n) is 3.63. The highest BCUT2D eigenvalue weighted by Gasteiger charge is 2.57. The summed E-state index contributed by atoms with van der Waals surface area (Å²) in [6.07, 6.45) is 3.94. The molecule has 3 amide bonds. The molecular formula is C22H22N6O6S3.